The predicted octanol–water partition coefficient (Wildman–Crippen LogP) is 2.84. The average molecular weight is 255 g/mol. The molecule has 4 heteroatoms. The third-order valence-electron chi connectivity index (χ3n) is 3.33. The Morgan fingerprint density at radius 3 is 2.68 bits per heavy atom. The van der Waals surface area contributed by atoms with Gasteiger partial charge in [-0.25, -0.2) is 9.37 Å². The fourth-order valence-corrected chi connectivity index (χ4v) is 2.32. The number of nitrogens with zero attached hydrogens (tertiary/aromatic N) is 2. The van der Waals surface area contributed by atoms with Crippen LogP contribution in [-0.2, 0) is 13.6 Å². The largest absolute Gasteiger partial charge is 0.327 e. The SMILES string of the molecule is Cn1c(-c2ccccc2F)nc2c(CN)cccc21. The second-order valence-corrected chi connectivity index (χ2v) is 4.46. The topological polar surface area (TPSA) is 43.8 Å². The minimum Gasteiger partial charge on any atom is -0.327 e. The van der Waals surface area contributed by atoms with E-state index in [4.69, 9.17) is 5.73 Å². The molecule has 3 aromatic rings. The second kappa shape index (κ2) is 4.48. The van der Waals surface area contributed by atoms with E-state index in [1.807, 2.05) is 35.9 Å². The molecule has 0 saturated carbocycles. The minimum atomic E-state index is -0.268. The number of aromatic nitrogens is 2. The molecule has 0 spiro atoms. The van der Waals surface area contributed by atoms with Crippen molar-refractivity contribution in [1.29, 1.82) is 0 Å². The highest BCUT2D eigenvalue weighted by Gasteiger charge is 2.14. The lowest BCUT2D eigenvalue weighted by atomic mass is 10.2. The summed E-state index contributed by atoms with van der Waals surface area (Å²) in [5.41, 5.74) is 8.99. The number of para-hydroxylation sites is 1. The lowest BCUT2D eigenvalue weighted by Crippen LogP contribution is -1.97. The van der Waals surface area contributed by atoms with Gasteiger partial charge in [0, 0.05) is 13.6 Å². The van der Waals surface area contributed by atoms with Crippen LogP contribution in [0.15, 0.2) is 42.5 Å². The number of halogens is 1. The molecule has 1 heterocycles. The fourth-order valence-electron chi connectivity index (χ4n) is 2.32. The lowest BCUT2D eigenvalue weighted by molar-refractivity contribution is 0.629. The number of aryl methyl sites for hydroxylation is 1. The van der Waals surface area contributed by atoms with E-state index in [1.54, 1.807) is 12.1 Å². The van der Waals surface area contributed by atoms with Crippen molar-refractivity contribution < 1.29 is 4.39 Å². The van der Waals surface area contributed by atoms with Gasteiger partial charge in [-0.1, -0.05) is 24.3 Å². The van der Waals surface area contributed by atoms with E-state index in [0.29, 0.717) is 17.9 Å². The van der Waals surface area contributed by atoms with Crippen LogP contribution in [-0.4, -0.2) is 9.55 Å². The summed E-state index contributed by atoms with van der Waals surface area (Å²) in [5.74, 6) is 0.351. The molecule has 0 fully saturated rings. The summed E-state index contributed by atoms with van der Waals surface area (Å²) in [6, 6.07) is 12.5. The molecule has 0 atom stereocenters. The third-order valence-corrected chi connectivity index (χ3v) is 3.33. The van der Waals surface area contributed by atoms with Gasteiger partial charge in [-0.15, -0.1) is 0 Å². The zero-order valence-corrected chi connectivity index (χ0v) is 10.6. The molecule has 0 unspecified atom stereocenters. The maximum absolute atomic E-state index is 13.9. The summed E-state index contributed by atoms with van der Waals surface area (Å²) >= 11 is 0. The molecule has 0 amide bonds. The Balaban J connectivity index is 2.32. The molecule has 0 saturated heterocycles. The van der Waals surface area contributed by atoms with Crippen molar-refractivity contribution >= 4 is 11.0 Å². The van der Waals surface area contributed by atoms with Crippen molar-refractivity contribution in [2.45, 2.75) is 6.54 Å². The third kappa shape index (κ3) is 1.81. The molecule has 0 bridgehead atoms. The quantitative estimate of drug-likeness (QED) is 0.765. The summed E-state index contributed by atoms with van der Waals surface area (Å²) in [6.45, 7) is 0.422. The molecule has 0 aliphatic carbocycles. The van der Waals surface area contributed by atoms with Gasteiger partial charge in [-0.05, 0) is 23.8 Å². The fraction of sp³-hybridized carbons (Fsp3) is 0.133. The van der Waals surface area contributed by atoms with Gasteiger partial charge in [-0.2, -0.15) is 0 Å². The highest BCUT2D eigenvalue weighted by atomic mass is 19.1. The number of rotatable bonds is 2. The zero-order chi connectivity index (χ0) is 13.4. The van der Waals surface area contributed by atoms with E-state index in [2.05, 4.69) is 4.98 Å². The van der Waals surface area contributed by atoms with E-state index in [0.717, 1.165) is 16.6 Å². The number of hydrogen-bond acceptors (Lipinski definition) is 2. The first-order chi connectivity index (χ1) is 9.22. The van der Waals surface area contributed by atoms with Crippen molar-refractivity contribution in [2.24, 2.45) is 12.8 Å². The van der Waals surface area contributed by atoms with Gasteiger partial charge in [-0.3, -0.25) is 0 Å². The first-order valence-corrected chi connectivity index (χ1v) is 6.11. The minimum absolute atomic E-state index is 0.268. The van der Waals surface area contributed by atoms with Crippen LogP contribution in [0, 0.1) is 5.82 Å². The Morgan fingerprint density at radius 1 is 1.16 bits per heavy atom. The number of imidazole rings is 1. The Morgan fingerprint density at radius 2 is 1.95 bits per heavy atom. The Hall–Kier alpha value is -2.20. The molecule has 1 aromatic heterocycles. The lowest BCUT2D eigenvalue weighted by Gasteiger charge is -2.03. The first kappa shape index (κ1) is 11.9. The highest BCUT2D eigenvalue weighted by Crippen LogP contribution is 2.27. The normalized spacial score (nSPS) is 11.1. The molecule has 2 N–H and O–H groups in total. The maximum Gasteiger partial charge on any atom is 0.143 e. The van der Waals surface area contributed by atoms with Gasteiger partial charge in [0.1, 0.15) is 11.6 Å². The van der Waals surface area contributed by atoms with Crippen molar-refractivity contribution in [2.75, 3.05) is 0 Å². The molecule has 19 heavy (non-hydrogen) atoms. The van der Waals surface area contributed by atoms with Crippen LogP contribution in [0.2, 0.25) is 0 Å². The Labute approximate surface area is 110 Å². The predicted molar refractivity (Wildman–Crippen MR) is 74.0 cm³/mol. The number of nitrogens with two attached hydrogens (primary N) is 1. The van der Waals surface area contributed by atoms with E-state index >= 15 is 0 Å². The van der Waals surface area contributed by atoms with Crippen molar-refractivity contribution in [3.63, 3.8) is 0 Å². The van der Waals surface area contributed by atoms with Crippen LogP contribution in [0.4, 0.5) is 4.39 Å². The summed E-state index contributed by atoms with van der Waals surface area (Å²) in [4.78, 5) is 4.56. The summed E-state index contributed by atoms with van der Waals surface area (Å²) in [7, 11) is 1.89. The molecule has 2 aromatic carbocycles. The monoisotopic (exact) mass is 255 g/mol. The maximum atomic E-state index is 13.9. The number of hydrogen-bond donors (Lipinski definition) is 1. The molecule has 3 nitrogen and oxygen atoms in total. The van der Waals surface area contributed by atoms with Crippen LogP contribution in [0.3, 0.4) is 0 Å². The van der Waals surface area contributed by atoms with Gasteiger partial charge in [0.2, 0.25) is 0 Å². The highest BCUT2D eigenvalue weighted by molar-refractivity contribution is 5.83. The first-order valence-electron chi connectivity index (χ1n) is 6.11. The van der Waals surface area contributed by atoms with Crippen molar-refractivity contribution in [3.8, 4) is 11.4 Å². The van der Waals surface area contributed by atoms with Crippen LogP contribution < -0.4 is 5.73 Å². The van der Waals surface area contributed by atoms with Gasteiger partial charge < -0.3 is 10.3 Å². The standard InChI is InChI=1S/C15H14FN3/c1-19-13-8-4-5-10(9-17)14(13)18-15(19)11-6-2-3-7-12(11)16/h2-8H,9,17H2,1H3. The van der Waals surface area contributed by atoms with Crippen molar-refractivity contribution in [3.05, 3.63) is 53.8 Å². The Kier molecular flexibility index (Phi) is 2.80. The van der Waals surface area contributed by atoms with Gasteiger partial charge >= 0.3 is 0 Å². The van der Waals surface area contributed by atoms with E-state index in [9.17, 15) is 4.39 Å². The second-order valence-electron chi connectivity index (χ2n) is 4.46. The van der Waals surface area contributed by atoms with Gasteiger partial charge in [0.05, 0.1) is 16.6 Å². The van der Waals surface area contributed by atoms with Crippen LogP contribution in [0.1, 0.15) is 5.56 Å². The number of benzene rings is 2. The summed E-state index contributed by atoms with van der Waals surface area (Å²) < 4.78 is 15.8. The van der Waals surface area contributed by atoms with Crippen LogP contribution >= 0.6 is 0 Å². The van der Waals surface area contributed by atoms with Gasteiger partial charge in [0.25, 0.3) is 0 Å². The molecule has 0 aliphatic rings. The average Bonchev–Trinajstić information content (AvgIpc) is 2.77. The molecular formula is C15H14FN3. The van der Waals surface area contributed by atoms with Gasteiger partial charge in [0.15, 0.2) is 0 Å². The molecular weight excluding hydrogens is 241 g/mol. The summed E-state index contributed by atoms with van der Waals surface area (Å²) in [5, 5.41) is 0. The van der Waals surface area contributed by atoms with E-state index in [-0.39, 0.29) is 5.82 Å². The van der Waals surface area contributed by atoms with Crippen LogP contribution in [0.5, 0.6) is 0 Å². The summed E-state index contributed by atoms with van der Waals surface area (Å²) in [6.07, 6.45) is 0. The smallest absolute Gasteiger partial charge is 0.143 e. The number of fused-ring (bicyclic) bond motifs is 1. The molecule has 96 valence electrons. The zero-order valence-electron chi connectivity index (χ0n) is 10.6. The molecule has 0 radical (unpaired) electrons. The van der Waals surface area contributed by atoms with Crippen molar-refractivity contribution in [1.82, 2.24) is 9.55 Å². The van der Waals surface area contributed by atoms with Crippen LogP contribution in [0.25, 0.3) is 22.4 Å². The van der Waals surface area contributed by atoms with E-state index < -0.39 is 0 Å². The Bertz CT molecular complexity index is 746. The molecule has 3 rings (SSSR count). The molecule has 0 aliphatic heterocycles. The van der Waals surface area contributed by atoms with E-state index in [1.165, 1.54) is 6.07 Å².